The summed E-state index contributed by atoms with van der Waals surface area (Å²) in [7, 11) is 5.40. The molecule has 0 radical (unpaired) electrons. The Kier molecular flexibility index (Phi) is 10.7. The van der Waals surface area contributed by atoms with Gasteiger partial charge in [0.1, 0.15) is 23.2 Å². The van der Waals surface area contributed by atoms with Crippen LogP contribution in [0.3, 0.4) is 0 Å². The van der Waals surface area contributed by atoms with E-state index in [0.29, 0.717) is 29.9 Å². The summed E-state index contributed by atoms with van der Waals surface area (Å²) >= 11 is 1.30. The van der Waals surface area contributed by atoms with E-state index < -0.39 is 11.2 Å². The summed E-state index contributed by atoms with van der Waals surface area (Å²) in [4.78, 5) is 49.6. The number of rotatable bonds is 16. The van der Waals surface area contributed by atoms with Gasteiger partial charge in [0, 0.05) is 32.2 Å². The van der Waals surface area contributed by atoms with Gasteiger partial charge >= 0.3 is 17.7 Å². The molecule has 2 heterocycles. The number of hydrogen-bond acceptors (Lipinski definition) is 10. The number of ketones is 1. The smallest absolute Gasteiger partial charge is 0.328 e. The van der Waals surface area contributed by atoms with Crippen molar-refractivity contribution in [3.63, 3.8) is 0 Å². The molecule has 4 N–H and O–H groups in total. The number of aliphatic carboxylic acids is 1. The fraction of sp³-hybridized carbons (Fsp3) is 0.480. The maximum atomic E-state index is 12.6. The lowest BCUT2D eigenvalue weighted by molar-refractivity contribution is -0.137. The maximum Gasteiger partial charge on any atom is 0.328 e. The number of nitrogens with two attached hydrogens (primary N) is 1. The Morgan fingerprint density at radius 1 is 1.18 bits per heavy atom. The van der Waals surface area contributed by atoms with Crippen molar-refractivity contribution >= 4 is 40.5 Å². The molecular formula is C25H34N6O6S. The van der Waals surface area contributed by atoms with Crippen molar-refractivity contribution in [2.24, 2.45) is 0 Å². The normalized spacial score (nSPS) is 12.2. The van der Waals surface area contributed by atoms with Crippen molar-refractivity contribution in [1.82, 2.24) is 24.4 Å². The fourth-order valence-electron chi connectivity index (χ4n) is 3.64. The molecule has 0 spiro atoms. The minimum atomic E-state index is -0.959. The van der Waals surface area contributed by atoms with E-state index in [4.69, 9.17) is 15.2 Å². The Hall–Kier alpha value is -3.42. The number of fused-ring (bicyclic) bond motifs is 1. The van der Waals surface area contributed by atoms with E-state index >= 15 is 0 Å². The molecule has 2 aromatic heterocycles. The lowest BCUT2D eigenvalue weighted by Gasteiger charge is -2.14. The summed E-state index contributed by atoms with van der Waals surface area (Å²) in [5.41, 5.74) is 8.08. The second-order valence-corrected chi connectivity index (χ2v) is 10.3. The molecule has 0 aliphatic rings. The number of H-pyrrole nitrogens is 1. The average molecular weight is 547 g/mol. The van der Waals surface area contributed by atoms with E-state index in [1.807, 2.05) is 43.3 Å². The number of aromatic nitrogens is 4. The van der Waals surface area contributed by atoms with E-state index in [-0.39, 0.29) is 49.3 Å². The first-order valence-electron chi connectivity index (χ1n) is 12.1. The van der Waals surface area contributed by atoms with Crippen LogP contribution >= 0.6 is 11.8 Å². The number of carbonyl (C=O) groups is 2. The van der Waals surface area contributed by atoms with Crippen molar-refractivity contribution in [3.05, 3.63) is 45.9 Å². The highest BCUT2D eigenvalue weighted by molar-refractivity contribution is 8.00. The summed E-state index contributed by atoms with van der Waals surface area (Å²) in [5, 5.41) is 8.70. The molecule has 206 valence electrons. The molecule has 13 heteroatoms. The molecule has 0 amide bonds. The number of carboxylic acids is 1. The first-order valence-corrected chi connectivity index (χ1v) is 13.2. The lowest BCUT2D eigenvalue weighted by atomic mass is 10.0. The Labute approximate surface area is 224 Å². The zero-order chi connectivity index (χ0) is 27.7. The number of thioether (sulfide) groups is 1. The highest BCUT2D eigenvalue weighted by Gasteiger charge is 2.21. The van der Waals surface area contributed by atoms with Gasteiger partial charge in [-0.05, 0) is 31.6 Å². The molecule has 1 aromatic carbocycles. The molecule has 3 rings (SSSR count). The number of carboxylic acid groups (broad SMARTS) is 1. The van der Waals surface area contributed by atoms with Crippen LogP contribution in [0.4, 0.5) is 5.82 Å². The summed E-state index contributed by atoms with van der Waals surface area (Å²) < 4.78 is 11.9. The summed E-state index contributed by atoms with van der Waals surface area (Å²) in [6, 6.07) is 7.60. The number of imidazole rings is 1. The zero-order valence-corrected chi connectivity index (χ0v) is 22.6. The first-order chi connectivity index (χ1) is 18.2. The van der Waals surface area contributed by atoms with Crippen molar-refractivity contribution < 1.29 is 24.2 Å². The van der Waals surface area contributed by atoms with Crippen LogP contribution in [0.5, 0.6) is 6.01 Å². The Morgan fingerprint density at radius 2 is 1.89 bits per heavy atom. The van der Waals surface area contributed by atoms with Gasteiger partial charge in [0.15, 0.2) is 11.5 Å². The molecule has 38 heavy (non-hydrogen) atoms. The Balaban J connectivity index is 1.60. The number of hydrogen-bond donors (Lipinski definition) is 3. The van der Waals surface area contributed by atoms with Gasteiger partial charge in [-0.2, -0.15) is 9.97 Å². The number of nitrogens with zero attached hydrogens (tertiary/aromatic N) is 4. The molecule has 0 aliphatic carbocycles. The monoisotopic (exact) mass is 546 g/mol. The highest BCUT2D eigenvalue weighted by Crippen LogP contribution is 2.20. The van der Waals surface area contributed by atoms with E-state index in [0.717, 1.165) is 17.7 Å². The molecule has 0 fully saturated rings. The number of aromatic amines is 1. The van der Waals surface area contributed by atoms with E-state index in [9.17, 15) is 19.5 Å². The fourth-order valence-corrected chi connectivity index (χ4v) is 4.84. The van der Waals surface area contributed by atoms with Crippen LogP contribution in [0.15, 0.2) is 29.1 Å². The van der Waals surface area contributed by atoms with Gasteiger partial charge in [-0.3, -0.25) is 14.2 Å². The predicted octanol–water partition coefficient (Wildman–Crippen LogP) is 1.42. The maximum absolute atomic E-state index is 12.6. The van der Waals surface area contributed by atoms with Crippen LogP contribution < -0.4 is 16.2 Å². The van der Waals surface area contributed by atoms with Crippen molar-refractivity contribution in [1.29, 1.82) is 0 Å². The van der Waals surface area contributed by atoms with Crippen LogP contribution in [-0.2, 0) is 27.3 Å². The summed E-state index contributed by atoms with van der Waals surface area (Å²) in [6.07, 6.45) is 0.783. The van der Waals surface area contributed by atoms with Gasteiger partial charge in [0.05, 0.1) is 13.2 Å². The molecule has 0 aliphatic heterocycles. The number of methoxy groups -OCH3 is 1. The molecule has 3 aromatic rings. The number of benzene rings is 1. The quantitative estimate of drug-likeness (QED) is 0.222. The number of nitrogens with one attached hydrogen (secondary N) is 1. The Bertz CT molecular complexity index is 1290. The van der Waals surface area contributed by atoms with Gasteiger partial charge in [-0.25, -0.2) is 4.79 Å². The molecule has 0 saturated carbocycles. The van der Waals surface area contributed by atoms with Crippen molar-refractivity contribution in [2.45, 2.75) is 31.1 Å². The number of Topliss-reactive ketones (excluding diaryl/α,β-unsaturated/α-hetero) is 1. The number of anilines is 1. The average Bonchev–Trinajstić information content (AvgIpc) is 3.18. The van der Waals surface area contributed by atoms with Gasteiger partial charge in [0.25, 0.3) is 0 Å². The number of carbonyl (C=O) groups excluding carboxylic acids is 1. The van der Waals surface area contributed by atoms with E-state index in [1.165, 1.54) is 16.3 Å². The summed E-state index contributed by atoms with van der Waals surface area (Å²) in [6.45, 7) is 1.60. The standard InChI is InChI=1S/C25H34N6O6S/c1-30(2)10-13-38-19(23(33)34)14-18(32)9-8-16-4-6-17(7-5-16)15-31-22-20(27-25(31)35)21(26)28-24(29-22)37-12-11-36-3/h4-7,19H,8-15H2,1-3H3,(H,27,35)(H,33,34)(H2,26,28,29). The minimum Gasteiger partial charge on any atom is -0.480 e. The van der Waals surface area contributed by atoms with E-state index in [1.54, 1.807) is 7.11 Å². The largest absolute Gasteiger partial charge is 0.480 e. The van der Waals surface area contributed by atoms with Gasteiger partial charge in [-0.15, -0.1) is 11.8 Å². The molecule has 0 bridgehead atoms. The van der Waals surface area contributed by atoms with Crippen LogP contribution in [-0.4, -0.2) is 93.2 Å². The van der Waals surface area contributed by atoms with Gasteiger partial charge in [0.2, 0.25) is 0 Å². The third-order valence-electron chi connectivity index (χ3n) is 5.75. The van der Waals surface area contributed by atoms with Crippen molar-refractivity contribution in [3.8, 4) is 6.01 Å². The topological polar surface area (TPSA) is 166 Å². The lowest BCUT2D eigenvalue weighted by Crippen LogP contribution is -2.23. The van der Waals surface area contributed by atoms with Gasteiger partial charge < -0.3 is 30.2 Å². The predicted molar refractivity (Wildman–Crippen MR) is 146 cm³/mol. The van der Waals surface area contributed by atoms with E-state index in [2.05, 4.69) is 15.0 Å². The second-order valence-electron chi connectivity index (χ2n) is 9.01. The highest BCUT2D eigenvalue weighted by atomic mass is 32.2. The molecule has 0 saturated heterocycles. The number of aryl methyl sites for hydroxylation is 1. The summed E-state index contributed by atoms with van der Waals surface area (Å²) in [5.74, 6) is -0.275. The minimum absolute atomic E-state index is 0.0111. The molecule has 1 unspecified atom stereocenters. The third-order valence-corrected chi connectivity index (χ3v) is 6.94. The second kappa shape index (κ2) is 13.9. The number of nitrogen functional groups attached to an aromatic ring is 1. The molecular weight excluding hydrogens is 512 g/mol. The first kappa shape index (κ1) is 29.1. The van der Waals surface area contributed by atoms with Gasteiger partial charge in [-0.1, -0.05) is 24.3 Å². The van der Waals surface area contributed by atoms with Crippen LogP contribution in [0.2, 0.25) is 0 Å². The van der Waals surface area contributed by atoms with Crippen LogP contribution in [0, 0.1) is 0 Å². The van der Waals surface area contributed by atoms with Crippen LogP contribution in [0.25, 0.3) is 11.2 Å². The molecule has 1 atom stereocenters. The zero-order valence-electron chi connectivity index (χ0n) is 21.8. The number of ether oxygens (including phenoxy) is 2. The SMILES string of the molecule is COCCOc1nc(N)c2[nH]c(=O)n(Cc3ccc(CCC(=O)CC(SCCN(C)C)C(=O)O)cc3)c2n1. The van der Waals surface area contributed by atoms with Crippen LogP contribution in [0.1, 0.15) is 24.0 Å². The molecule has 12 nitrogen and oxygen atoms in total. The Morgan fingerprint density at radius 3 is 2.55 bits per heavy atom. The van der Waals surface area contributed by atoms with Crippen molar-refractivity contribution in [2.75, 3.05) is 52.5 Å². The third kappa shape index (κ3) is 8.30.